The minimum Gasteiger partial charge on any atom is -0.271 e. The Morgan fingerprint density at radius 1 is 1.14 bits per heavy atom. The number of nitrogens with one attached hydrogen (secondary N) is 1. The van der Waals surface area contributed by atoms with E-state index in [9.17, 15) is 8.42 Å². The first-order chi connectivity index (χ1) is 10.1. The summed E-state index contributed by atoms with van der Waals surface area (Å²) in [6, 6.07) is 10.5. The van der Waals surface area contributed by atoms with Gasteiger partial charge in [0.05, 0.1) is 17.8 Å². The van der Waals surface area contributed by atoms with E-state index in [0.29, 0.717) is 5.52 Å². The van der Waals surface area contributed by atoms with Gasteiger partial charge < -0.3 is 0 Å². The third-order valence-corrected chi connectivity index (χ3v) is 4.68. The third kappa shape index (κ3) is 2.65. The van der Waals surface area contributed by atoms with E-state index in [1.807, 2.05) is 12.1 Å². The normalized spacial score (nSPS) is 11.9. The number of aryl methyl sites for hydroxylation is 1. The Hall–Kier alpha value is -2.25. The Bertz CT molecular complexity index is 881. The highest BCUT2D eigenvalue weighted by Crippen LogP contribution is 2.20. The lowest BCUT2D eigenvalue weighted by Gasteiger charge is -2.09. The Morgan fingerprint density at radius 3 is 2.71 bits per heavy atom. The molecule has 0 spiro atoms. The molecule has 0 saturated heterocycles. The Kier molecular flexibility index (Phi) is 3.44. The molecule has 0 radical (unpaired) electrons. The highest BCUT2D eigenvalue weighted by Gasteiger charge is 2.18. The summed E-state index contributed by atoms with van der Waals surface area (Å²) in [4.78, 5) is 4.36. The molecule has 0 unspecified atom stereocenters. The number of fused-ring (bicyclic) bond motifs is 1. The van der Waals surface area contributed by atoms with Crippen LogP contribution < -0.4 is 4.72 Å². The number of hydrogen-bond donors (Lipinski definition) is 1. The van der Waals surface area contributed by atoms with Crippen LogP contribution in [0.4, 0.5) is 0 Å². The van der Waals surface area contributed by atoms with E-state index >= 15 is 0 Å². The average molecular weight is 302 g/mol. The van der Waals surface area contributed by atoms with Gasteiger partial charge in [0.15, 0.2) is 0 Å². The van der Waals surface area contributed by atoms with E-state index in [2.05, 4.69) is 14.8 Å². The van der Waals surface area contributed by atoms with Crippen LogP contribution in [-0.4, -0.2) is 23.2 Å². The third-order valence-electron chi connectivity index (χ3n) is 3.25. The number of hydrogen-bond acceptors (Lipinski definition) is 4. The average Bonchev–Trinajstić information content (AvgIpc) is 2.90. The van der Waals surface area contributed by atoms with Gasteiger partial charge in [-0.05, 0) is 18.2 Å². The molecule has 0 aliphatic heterocycles. The van der Waals surface area contributed by atoms with Crippen molar-refractivity contribution < 1.29 is 8.42 Å². The molecule has 0 saturated carbocycles. The van der Waals surface area contributed by atoms with Crippen molar-refractivity contribution >= 4 is 20.9 Å². The van der Waals surface area contributed by atoms with Gasteiger partial charge in [-0.2, -0.15) is 5.10 Å². The van der Waals surface area contributed by atoms with Crippen LogP contribution in [0, 0.1) is 0 Å². The molecule has 1 N–H and O–H groups in total. The lowest BCUT2D eigenvalue weighted by atomic mass is 10.2. The lowest BCUT2D eigenvalue weighted by Crippen LogP contribution is -2.24. The first-order valence-corrected chi connectivity index (χ1v) is 7.86. The first-order valence-electron chi connectivity index (χ1n) is 6.38. The SMILES string of the molecule is Cn1nccc1CNS(=O)(=O)c1cccc2cccnc12. The van der Waals surface area contributed by atoms with Gasteiger partial charge in [-0.3, -0.25) is 9.67 Å². The van der Waals surface area contributed by atoms with Crippen LogP contribution >= 0.6 is 0 Å². The maximum atomic E-state index is 12.5. The van der Waals surface area contributed by atoms with Gasteiger partial charge in [-0.15, -0.1) is 0 Å². The molecule has 1 aromatic carbocycles. The van der Waals surface area contributed by atoms with Gasteiger partial charge in [0.25, 0.3) is 0 Å². The molecule has 2 aromatic heterocycles. The molecule has 2 heterocycles. The number of nitrogens with zero attached hydrogens (tertiary/aromatic N) is 3. The molecule has 7 heteroatoms. The molecule has 3 rings (SSSR count). The molecule has 3 aromatic rings. The first kappa shape index (κ1) is 13.7. The van der Waals surface area contributed by atoms with Crippen LogP contribution in [0.25, 0.3) is 10.9 Å². The molecule has 6 nitrogen and oxygen atoms in total. The topological polar surface area (TPSA) is 76.9 Å². The fraction of sp³-hybridized carbons (Fsp3) is 0.143. The van der Waals surface area contributed by atoms with E-state index in [1.54, 1.807) is 48.4 Å². The fourth-order valence-electron chi connectivity index (χ4n) is 2.11. The molecule has 0 fully saturated rings. The van der Waals surface area contributed by atoms with Gasteiger partial charge in [-0.1, -0.05) is 18.2 Å². The Morgan fingerprint density at radius 2 is 1.95 bits per heavy atom. The summed E-state index contributed by atoms with van der Waals surface area (Å²) in [7, 11) is -1.87. The molecular formula is C14H14N4O2S. The number of aromatic nitrogens is 3. The summed E-state index contributed by atoms with van der Waals surface area (Å²) in [5.41, 5.74) is 1.25. The van der Waals surface area contributed by atoms with Crippen molar-refractivity contribution in [1.82, 2.24) is 19.5 Å². The van der Waals surface area contributed by atoms with Crippen molar-refractivity contribution in [3.63, 3.8) is 0 Å². The highest BCUT2D eigenvalue weighted by atomic mass is 32.2. The summed E-state index contributed by atoms with van der Waals surface area (Å²) < 4.78 is 29.2. The second kappa shape index (κ2) is 5.27. The Balaban J connectivity index is 1.95. The lowest BCUT2D eigenvalue weighted by molar-refractivity contribution is 0.578. The van der Waals surface area contributed by atoms with Gasteiger partial charge in [-0.25, -0.2) is 13.1 Å². The number of benzene rings is 1. The summed E-state index contributed by atoms with van der Waals surface area (Å²) in [5, 5.41) is 4.80. The maximum Gasteiger partial charge on any atom is 0.243 e. The van der Waals surface area contributed by atoms with E-state index in [1.165, 1.54) is 0 Å². The van der Waals surface area contributed by atoms with Gasteiger partial charge in [0.1, 0.15) is 4.90 Å². The fourth-order valence-corrected chi connectivity index (χ4v) is 3.29. The minimum atomic E-state index is -3.63. The molecular weight excluding hydrogens is 288 g/mol. The molecule has 0 atom stereocenters. The quantitative estimate of drug-likeness (QED) is 0.791. The van der Waals surface area contributed by atoms with E-state index in [0.717, 1.165) is 11.1 Å². The maximum absolute atomic E-state index is 12.5. The van der Waals surface area contributed by atoms with Crippen molar-refractivity contribution in [2.24, 2.45) is 7.05 Å². The van der Waals surface area contributed by atoms with Crippen LogP contribution in [0.3, 0.4) is 0 Å². The monoisotopic (exact) mass is 302 g/mol. The second-order valence-electron chi connectivity index (χ2n) is 4.60. The van der Waals surface area contributed by atoms with Crippen molar-refractivity contribution in [1.29, 1.82) is 0 Å². The van der Waals surface area contributed by atoms with Crippen LogP contribution in [0.15, 0.2) is 53.7 Å². The highest BCUT2D eigenvalue weighted by molar-refractivity contribution is 7.89. The van der Waals surface area contributed by atoms with E-state index < -0.39 is 10.0 Å². The van der Waals surface area contributed by atoms with E-state index in [4.69, 9.17) is 0 Å². The van der Waals surface area contributed by atoms with Crippen molar-refractivity contribution in [3.8, 4) is 0 Å². The summed E-state index contributed by atoms with van der Waals surface area (Å²) in [5.74, 6) is 0. The van der Waals surface area contributed by atoms with Gasteiger partial charge in [0.2, 0.25) is 10.0 Å². The summed E-state index contributed by atoms with van der Waals surface area (Å²) in [6.07, 6.45) is 3.21. The Labute approximate surface area is 122 Å². The van der Waals surface area contributed by atoms with Gasteiger partial charge >= 0.3 is 0 Å². The molecule has 108 valence electrons. The predicted molar refractivity (Wildman–Crippen MR) is 79.0 cm³/mol. The number of rotatable bonds is 4. The summed E-state index contributed by atoms with van der Waals surface area (Å²) in [6.45, 7) is 0.183. The standard InChI is InChI=1S/C14H14N4O2S/c1-18-12(7-9-16-18)10-17-21(19,20)13-6-2-4-11-5-3-8-15-14(11)13/h2-9,17H,10H2,1H3. The van der Waals surface area contributed by atoms with Crippen LogP contribution in [0.5, 0.6) is 0 Å². The van der Waals surface area contributed by atoms with Crippen LogP contribution in [0.1, 0.15) is 5.69 Å². The largest absolute Gasteiger partial charge is 0.271 e. The van der Waals surface area contributed by atoms with Gasteiger partial charge in [0, 0.05) is 24.8 Å². The van der Waals surface area contributed by atoms with Crippen LogP contribution in [-0.2, 0) is 23.6 Å². The molecule has 0 amide bonds. The zero-order valence-electron chi connectivity index (χ0n) is 11.4. The second-order valence-corrected chi connectivity index (χ2v) is 6.34. The molecule has 0 aliphatic carbocycles. The van der Waals surface area contributed by atoms with Crippen molar-refractivity contribution in [3.05, 3.63) is 54.5 Å². The van der Waals surface area contributed by atoms with Crippen molar-refractivity contribution in [2.45, 2.75) is 11.4 Å². The molecule has 21 heavy (non-hydrogen) atoms. The van der Waals surface area contributed by atoms with E-state index in [-0.39, 0.29) is 11.4 Å². The smallest absolute Gasteiger partial charge is 0.243 e. The number of para-hydroxylation sites is 1. The minimum absolute atomic E-state index is 0.183. The molecule has 0 aliphatic rings. The van der Waals surface area contributed by atoms with Crippen LogP contribution in [0.2, 0.25) is 0 Å². The summed E-state index contributed by atoms with van der Waals surface area (Å²) >= 11 is 0. The number of sulfonamides is 1. The zero-order valence-corrected chi connectivity index (χ0v) is 12.2. The zero-order chi connectivity index (χ0) is 14.9. The van der Waals surface area contributed by atoms with Crippen molar-refractivity contribution in [2.75, 3.05) is 0 Å². The predicted octanol–water partition coefficient (Wildman–Crippen LogP) is 1.45. The number of pyridine rings is 1. The molecule has 0 bridgehead atoms.